The van der Waals surface area contributed by atoms with Gasteiger partial charge in [-0.2, -0.15) is 0 Å². The number of rotatable bonds is 3. The number of nitrogens with zero attached hydrogens (tertiary/aromatic N) is 2. The largest absolute Gasteiger partial charge is 0.305 e. The Morgan fingerprint density at radius 3 is 2.85 bits per heavy atom. The van der Waals surface area contributed by atoms with Crippen LogP contribution in [0.25, 0.3) is 0 Å². The summed E-state index contributed by atoms with van der Waals surface area (Å²) >= 11 is 1.77. The molecule has 3 nitrogen and oxygen atoms in total. The van der Waals surface area contributed by atoms with Gasteiger partial charge in [0.2, 0.25) is 0 Å². The molecule has 1 N–H and O–H groups in total. The van der Waals surface area contributed by atoms with Crippen molar-refractivity contribution in [3.63, 3.8) is 0 Å². The standard InChI is InChI=1S/C16H21N3S/c1-13-11-20-15(18-13)10-19-9-8-17-16(2,12-19)14-6-4-3-5-7-14/h3-7,11,17H,8-10,12H2,1-2H3. The molecule has 1 aliphatic heterocycles. The number of aryl methyl sites for hydroxylation is 1. The first-order valence-corrected chi connectivity index (χ1v) is 7.98. The van der Waals surface area contributed by atoms with Crippen LogP contribution in [0.2, 0.25) is 0 Å². The van der Waals surface area contributed by atoms with E-state index in [1.165, 1.54) is 10.6 Å². The van der Waals surface area contributed by atoms with E-state index in [9.17, 15) is 0 Å². The summed E-state index contributed by atoms with van der Waals surface area (Å²) in [5.41, 5.74) is 2.53. The lowest BCUT2D eigenvalue weighted by Crippen LogP contribution is -2.56. The second-order valence-electron chi connectivity index (χ2n) is 5.72. The lowest BCUT2D eigenvalue weighted by atomic mass is 9.90. The molecule has 1 fully saturated rings. The fourth-order valence-corrected chi connectivity index (χ4v) is 3.69. The zero-order valence-corrected chi connectivity index (χ0v) is 12.9. The van der Waals surface area contributed by atoms with Gasteiger partial charge in [-0.05, 0) is 19.4 Å². The first-order chi connectivity index (χ1) is 9.66. The molecule has 0 aliphatic carbocycles. The third-order valence-electron chi connectivity index (χ3n) is 3.92. The van der Waals surface area contributed by atoms with E-state index in [4.69, 9.17) is 0 Å². The Hall–Kier alpha value is -1.23. The number of hydrogen-bond acceptors (Lipinski definition) is 4. The van der Waals surface area contributed by atoms with Gasteiger partial charge in [-0.1, -0.05) is 30.3 Å². The average Bonchev–Trinajstić information content (AvgIpc) is 2.85. The molecule has 0 bridgehead atoms. The van der Waals surface area contributed by atoms with Gasteiger partial charge in [0, 0.05) is 30.7 Å². The predicted molar refractivity (Wildman–Crippen MR) is 83.9 cm³/mol. The van der Waals surface area contributed by atoms with Crippen molar-refractivity contribution in [1.82, 2.24) is 15.2 Å². The smallest absolute Gasteiger partial charge is 0.107 e. The Balaban J connectivity index is 1.73. The molecule has 1 atom stereocenters. The van der Waals surface area contributed by atoms with Gasteiger partial charge >= 0.3 is 0 Å². The molecular weight excluding hydrogens is 266 g/mol. The molecule has 3 rings (SSSR count). The lowest BCUT2D eigenvalue weighted by molar-refractivity contribution is 0.136. The molecule has 20 heavy (non-hydrogen) atoms. The van der Waals surface area contributed by atoms with Crippen LogP contribution in [0.15, 0.2) is 35.7 Å². The Kier molecular flexibility index (Phi) is 3.87. The summed E-state index contributed by atoms with van der Waals surface area (Å²) in [7, 11) is 0. The fourth-order valence-electron chi connectivity index (χ4n) is 2.87. The van der Waals surface area contributed by atoms with E-state index in [0.717, 1.165) is 31.9 Å². The maximum atomic E-state index is 4.58. The number of benzene rings is 1. The highest BCUT2D eigenvalue weighted by atomic mass is 32.1. The van der Waals surface area contributed by atoms with Gasteiger partial charge in [0.1, 0.15) is 5.01 Å². The van der Waals surface area contributed by atoms with Crippen molar-refractivity contribution in [2.45, 2.75) is 25.9 Å². The molecule has 1 unspecified atom stereocenters. The highest BCUT2D eigenvalue weighted by Crippen LogP contribution is 2.25. The van der Waals surface area contributed by atoms with E-state index in [1.54, 1.807) is 11.3 Å². The SMILES string of the molecule is Cc1csc(CN2CCNC(C)(c3ccccc3)C2)n1. The van der Waals surface area contributed by atoms with Gasteiger partial charge in [0.25, 0.3) is 0 Å². The van der Waals surface area contributed by atoms with E-state index in [-0.39, 0.29) is 5.54 Å². The second kappa shape index (κ2) is 5.64. The van der Waals surface area contributed by atoms with Crippen LogP contribution in [0.4, 0.5) is 0 Å². The number of hydrogen-bond donors (Lipinski definition) is 1. The minimum absolute atomic E-state index is 0.0335. The maximum absolute atomic E-state index is 4.58. The lowest BCUT2D eigenvalue weighted by Gasteiger charge is -2.41. The van der Waals surface area contributed by atoms with Crippen molar-refractivity contribution >= 4 is 11.3 Å². The summed E-state index contributed by atoms with van der Waals surface area (Å²) in [6, 6.07) is 10.7. The Bertz CT molecular complexity index is 566. The summed E-state index contributed by atoms with van der Waals surface area (Å²) in [5.74, 6) is 0. The average molecular weight is 287 g/mol. The molecule has 2 heterocycles. The van der Waals surface area contributed by atoms with Gasteiger partial charge < -0.3 is 5.32 Å². The molecule has 4 heteroatoms. The topological polar surface area (TPSA) is 28.2 Å². The second-order valence-corrected chi connectivity index (χ2v) is 6.66. The van der Waals surface area contributed by atoms with E-state index in [2.05, 4.69) is 64.8 Å². The summed E-state index contributed by atoms with van der Waals surface area (Å²) in [5, 5.41) is 7.03. The Morgan fingerprint density at radius 1 is 1.35 bits per heavy atom. The van der Waals surface area contributed by atoms with Crippen LogP contribution < -0.4 is 5.32 Å². The van der Waals surface area contributed by atoms with Crippen LogP contribution in [0.3, 0.4) is 0 Å². The predicted octanol–water partition coefficient (Wildman–Crippen LogP) is 2.77. The summed E-state index contributed by atoms with van der Waals surface area (Å²) < 4.78 is 0. The Morgan fingerprint density at radius 2 is 2.15 bits per heavy atom. The fraction of sp³-hybridized carbons (Fsp3) is 0.438. The maximum Gasteiger partial charge on any atom is 0.107 e. The molecule has 1 aromatic carbocycles. The first-order valence-electron chi connectivity index (χ1n) is 7.10. The van der Waals surface area contributed by atoms with E-state index in [0.29, 0.717) is 0 Å². The van der Waals surface area contributed by atoms with Crippen LogP contribution >= 0.6 is 11.3 Å². The molecule has 1 aromatic heterocycles. The quantitative estimate of drug-likeness (QED) is 0.941. The minimum atomic E-state index is 0.0335. The molecule has 106 valence electrons. The molecule has 1 aliphatic rings. The van der Waals surface area contributed by atoms with E-state index < -0.39 is 0 Å². The van der Waals surface area contributed by atoms with Crippen molar-refractivity contribution in [2.75, 3.05) is 19.6 Å². The normalized spacial score (nSPS) is 23.9. The van der Waals surface area contributed by atoms with Crippen LogP contribution in [0.1, 0.15) is 23.2 Å². The zero-order valence-electron chi connectivity index (χ0n) is 12.1. The summed E-state index contributed by atoms with van der Waals surface area (Å²) in [6.45, 7) is 8.45. The van der Waals surface area contributed by atoms with E-state index in [1.807, 2.05) is 0 Å². The summed E-state index contributed by atoms with van der Waals surface area (Å²) in [4.78, 5) is 7.08. The zero-order chi connectivity index (χ0) is 14.0. The van der Waals surface area contributed by atoms with Crippen LogP contribution in [0.5, 0.6) is 0 Å². The third-order valence-corrected chi connectivity index (χ3v) is 4.87. The number of thiazole rings is 1. The van der Waals surface area contributed by atoms with Crippen molar-refractivity contribution in [3.8, 4) is 0 Å². The van der Waals surface area contributed by atoms with Gasteiger partial charge in [0.15, 0.2) is 0 Å². The molecule has 0 saturated carbocycles. The highest BCUT2D eigenvalue weighted by molar-refractivity contribution is 7.09. The number of aromatic nitrogens is 1. The van der Waals surface area contributed by atoms with Crippen LogP contribution in [-0.2, 0) is 12.1 Å². The summed E-state index contributed by atoms with van der Waals surface area (Å²) in [6.07, 6.45) is 0. The van der Waals surface area contributed by atoms with Gasteiger partial charge in [-0.25, -0.2) is 4.98 Å². The van der Waals surface area contributed by atoms with Crippen molar-refractivity contribution in [1.29, 1.82) is 0 Å². The molecule has 1 saturated heterocycles. The molecular formula is C16H21N3S. The third kappa shape index (κ3) is 2.92. The number of nitrogens with one attached hydrogen (secondary N) is 1. The van der Waals surface area contributed by atoms with Crippen LogP contribution in [-0.4, -0.2) is 29.5 Å². The molecule has 2 aromatic rings. The molecule has 0 amide bonds. The van der Waals surface area contributed by atoms with Gasteiger partial charge in [-0.3, -0.25) is 4.90 Å². The minimum Gasteiger partial charge on any atom is -0.305 e. The first kappa shape index (κ1) is 13.7. The van der Waals surface area contributed by atoms with Crippen LogP contribution in [0, 0.1) is 6.92 Å². The van der Waals surface area contributed by atoms with Gasteiger partial charge in [-0.15, -0.1) is 11.3 Å². The van der Waals surface area contributed by atoms with Gasteiger partial charge in [0.05, 0.1) is 12.1 Å². The monoisotopic (exact) mass is 287 g/mol. The highest BCUT2D eigenvalue weighted by Gasteiger charge is 2.32. The van der Waals surface area contributed by atoms with Crippen molar-refractivity contribution in [3.05, 3.63) is 52.0 Å². The molecule has 0 radical (unpaired) electrons. The Labute approximate surface area is 124 Å². The molecule has 0 spiro atoms. The van der Waals surface area contributed by atoms with Crippen molar-refractivity contribution < 1.29 is 0 Å². The van der Waals surface area contributed by atoms with Crippen molar-refractivity contribution in [2.24, 2.45) is 0 Å². The van der Waals surface area contributed by atoms with E-state index >= 15 is 0 Å². The number of piperazine rings is 1.